The Labute approximate surface area is 123 Å². The summed E-state index contributed by atoms with van der Waals surface area (Å²) in [5, 5.41) is 17.8. The molecule has 0 amide bonds. The fourth-order valence-corrected chi connectivity index (χ4v) is 1.90. The second-order valence-corrected chi connectivity index (χ2v) is 5.02. The van der Waals surface area contributed by atoms with Gasteiger partial charge in [-0.3, -0.25) is 9.59 Å². The summed E-state index contributed by atoms with van der Waals surface area (Å²) in [4.78, 5) is 21.7. The molecule has 4 N–H and O–H groups in total. The minimum atomic E-state index is -1.18. The minimum absolute atomic E-state index is 0.0742. The molecule has 0 radical (unpaired) electrons. The van der Waals surface area contributed by atoms with Crippen LogP contribution in [0.3, 0.4) is 0 Å². The third-order valence-electron chi connectivity index (χ3n) is 3.19. The summed E-state index contributed by atoms with van der Waals surface area (Å²) < 4.78 is 5.50. The second kappa shape index (κ2) is 8.26. The van der Waals surface area contributed by atoms with E-state index in [-0.39, 0.29) is 6.42 Å². The van der Waals surface area contributed by atoms with Crippen molar-refractivity contribution >= 4 is 11.9 Å². The molecule has 0 fully saturated rings. The van der Waals surface area contributed by atoms with E-state index in [0.717, 1.165) is 11.3 Å². The molecule has 116 valence electrons. The van der Waals surface area contributed by atoms with Crippen molar-refractivity contribution in [3.05, 3.63) is 29.8 Å². The number of nitrogens with two attached hydrogens (primary N) is 1. The van der Waals surface area contributed by atoms with E-state index >= 15 is 0 Å². The van der Waals surface area contributed by atoms with Crippen molar-refractivity contribution in [2.24, 2.45) is 11.7 Å². The molecule has 0 aliphatic carbocycles. The van der Waals surface area contributed by atoms with E-state index in [4.69, 9.17) is 20.7 Å². The van der Waals surface area contributed by atoms with Crippen LogP contribution in [-0.2, 0) is 9.59 Å². The lowest BCUT2D eigenvalue weighted by Crippen LogP contribution is -2.34. The number of ether oxygens (including phenoxy) is 1. The lowest BCUT2D eigenvalue weighted by atomic mass is 9.95. The van der Waals surface area contributed by atoms with Crippen molar-refractivity contribution < 1.29 is 24.5 Å². The molecule has 0 spiro atoms. The summed E-state index contributed by atoms with van der Waals surface area (Å²) in [7, 11) is 0. The molecule has 0 saturated heterocycles. The number of carbonyl (C=O) groups is 2. The molecule has 21 heavy (non-hydrogen) atoms. The molecule has 0 heterocycles. The van der Waals surface area contributed by atoms with Crippen molar-refractivity contribution in [3.8, 4) is 5.75 Å². The van der Waals surface area contributed by atoms with E-state index in [0.29, 0.717) is 19.4 Å². The number of carboxylic acids is 2. The molecule has 1 aromatic rings. The van der Waals surface area contributed by atoms with Crippen LogP contribution in [-0.4, -0.2) is 34.8 Å². The first-order valence-corrected chi connectivity index (χ1v) is 6.81. The topological polar surface area (TPSA) is 110 Å². The molecule has 6 nitrogen and oxygen atoms in total. The van der Waals surface area contributed by atoms with Gasteiger partial charge in [0.2, 0.25) is 0 Å². The Bertz CT molecular complexity index is 471. The Balaban J connectivity index is 2.35. The SMILES string of the molecule is Cc1ccc(OCCC[C@@H](C[C@H](N)C(=O)O)C(=O)O)cc1. The average Bonchev–Trinajstić information content (AvgIpc) is 2.43. The Morgan fingerprint density at radius 1 is 1.19 bits per heavy atom. The van der Waals surface area contributed by atoms with Crippen LogP contribution < -0.4 is 10.5 Å². The van der Waals surface area contributed by atoms with Gasteiger partial charge < -0.3 is 20.7 Å². The Morgan fingerprint density at radius 3 is 2.33 bits per heavy atom. The zero-order valence-electron chi connectivity index (χ0n) is 12.0. The van der Waals surface area contributed by atoms with Crippen LogP contribution in [0.5, 0.6) is 5.75 Å². The summed E-state index contributed by atoms with van der Waals surface area (Å²) in [6, 6.07) is 6.42. The molecule has 1 rings (SSSR count). The molecule has 1 aromatic carbocycles. The van der Waals surface area contributed by atoms with Crippen LogP contribution in [0.4, 0.5) is 0 Å². The molecule has 0 unspecified atom stereocenters. The standard InChI is InChI=1S/C15H21NO5/c1-10-4-6-12(7-5-10)21-8-2-3-11(14(17)18)9-13(16)15(19)20/h4-7,11,13H,2-3,8-9,16H2,1H3,(H,17,18)(H,19,20)/t11-,13-/m0/s1. The number of hydrogen-bond acceptors (Lipinski definition) is 4. The van der Waals surface area contributed by atoms with Gasteiger partial charge in [-0.15, -0.1) is 0 Å². The van der Waals surface area contributed by atoms with Crippen molar-refractivity contribution in [1.29, 1.82) is 0 Å². The fraction of sp³-hybridized carbons (Fsp3) is 0.467. The van der Waals surface area contributed by atoms with E-state index in [9.17, 15) is 9.59 Å². The van der Waals surface area contributed by atoms with Gasteiger partial charge in [0.1, 0.15) is 11.8 Å². The van der Waals surface area contributed by atoms with E-state index in [1.807, 2.05) is 31.2 Å². The van der Waals surface area contributed by atoms with Crippen molar-refractivity contribution in [3.63, 3.8) is 0 Å². The second-order valence-electron chi connectivity index (χ2n) is 5.02. The zero-order chi connectivity index (χ0) is 15.8. The van der Waals surface area contributed by atoms with Crippen molar-refractivity contribution in [1.82, 2.24) is 0 Å². The van der Waals surface area contributed by atoms with Crippen molar-refractivity contribution in [2.75, 3.05) is 6.61 Å². The molecule has 0 aliphatic heterocycles. The number of rotatable bonds is 9. The van der Waals surface area contributed by atoms with Gasteiger partial charge in [-0.2, -0.15) is 0 Å². The van der Waals surface area contributed by atoms with Crippen LogP contribution in [0.1, 0.15) is 24.8 Å². The van der Waals surface area contributed by atoms with Crippen molar-refractivity contribution in [2.45, 2.75) is 32.2 Å². The fourth-order valence-electron chi connectivity index (χ4n) is 1.90. The first kappa shape index (κ1) is 17.0. The summed E-state index contributed by atoms with van der Waals surface area (Å²) in [5.41, 5.74) is 6.51. The lowest BCUT2D eigenvalue weighted by Gasteiger charge is -2.15. The highest BCUT2D eigenvalue weighted by molar-refractivity contribution is 5.75. The van der Waals surface area contributed by atoms with Gasteiger partial charge in [0.15, 0.2) is 0 Å². The normalized spacial score (nSPS) is 13.4. The summed E-state index contributed by atoms with van der Waals surface area (Å²) in [6.45, 7) is 2.36. The van der Waals surface area contributed by atoms with Gasteiger partial charge in [-0.05, 0) is 38.3 Å². The average molecular weight is 295 g/mol. The highest BCUT2D eigenvalue weighted by Crippen LogP contribution is 2.16. The first-order valence-electron chi connectivity index (χ1n) is 6.81. The maximum Gasteiger partial charge on any atom is 0.320 e. The maximum atomic E-state index is 11.1. The number of benzene rings is 1. The van der Waals surface area contributed by atoms with Gasteiger partial charge >= 0.3 is 11.9 Å². The van der Waals surface area contributed by atoms with Gasteiger partial charge in [0, 0.05) is 0 Å². The molecule has 0 bridgehead atoms. The highest BCUT2D eigenvalue weighted by atomic mass is 16.5. The molecule has 0 aromatic heterocycles. The van der Waals surface area contributed by atoms with Crippen LogP contribution >= 0.6 is 0 Å². The molecule has 2 atom stereocenters. The monoisotopic (exact) mass is 295 g/mol. The summed E-state index contributed by atoms with van der Waals surface area (Å²) in [5.74, 6) is -2.24. The van der Waals surface area contributed by atoms with Gasteiger partial charge in [0.25, 0.3) is 0 Å². The smallest absolute Gasteiger partial charge is 0.320 e. The van der Waals surface area contributed by atoms with E-state index < -0.39 is 23.9 Å². The van der Waals surface area contributed by atoms with E-state index in [2.05, 4.69) is 0 Å². The van der Waals surface area contributed by atoms with Gasteiger partial charge in [-0.25, -0.2) is 0 Å². The molecular weight excluding hydrogens is 274 g/mol. The highest BCUT2D eigenvalue weighted by Gasteiger charge is 2.23. The molecule has 0 saturated carbocycles. The third-order valence-corrected chi connectivity index (χ3v) is 3.19. The number of aliphatic carboxylic acids is 2. The first-order chi connectivity index (χ1) is 9.90. The van der Waals surface area contributed by atoms with Gasteiger partial charge in [0.05, 0.1) is 12.5 Å². The summed E-state index contributed by atoms with van der Waals surface area (Å²) in [6.07, 6.45) is 0.786. The van der Waals surface area contributed by atoms with Crippen LogP contribution in [0, 0.1) is 12.8 Å². The lowest BCUT2D eigenvalue weighted by molar-refractivity contribution is -0.143. The van der Waals surface area contributed by atoms with E-state index in [1.54, 1.807) is 0 Å². The number of hydrogen-bond donors (Lipinski definition) is 3. The quantitative estimate of drug-likeness (QED) is 0.598. The number of aryl methyl sites for hydroxylation is 1. The maximum absolute atomic E-state index is 11.1. The van der Waals surface area contributed by atoms with Gasteiger partial charge in [-0.1, -0.05) is 17.7 Å². The van der Waals surface area contributed by atoms with E-state index in [1.165, 1.54) is 0 Å². The van der Waals surface area contributed by atoms with Crippen LogP contribution in [0.25, 0.3) is 0 Å². The predicted molar refractivity (Wildman–Crippen MR) is 77.3 cm³/mol. The molecular formula is C15H21NO5. The predicted octanol–water partition coefficient (Wildman–Crippen LogP) is 1.66. The van der Waals surface area contributed by atoms with Crippen LogP contribution in [0.15, 0.2) is 24.3 Å². The molecule has 0 aliphatic rings. The largest absolute Gasteiger partial charge is 0.494 e. The Kier molecular flexibility index (Phi) is 6.68. The summed E-state index contributed by atoms with van der Waals surface area (Å²) >= 11 is 0. The number of carboxylic acid groups (broad SMARTS) is 2. The Hall–Kier alpha value is -2.08. The zero-order valence-corrected chi connectivity index (χ0v) is 12.0. The minimum Gasteiger partial charge on any atom is -0.494 e. The van der Waals surface area contributed by atoms with Crippen LogP contribution in [0.2, 0.25) is 0 Å². The molecule has 6 heteroatoms. The Morgan fingerprint density at radius 2 is 1.81 bits per heavy atom. The third kappa shape index (κ3) is 6.27.